The lowest BCUT2D eigenvalue weighted by Crippen LogP contribution is -2.29. The normalized spacial score (nSPS) is 33.6. The number of carbonyl (C=O) groups excluding carboxylic acids is 1. The van der Waals surface area contributed by atoms with Gasteiger partial charge < -0.3 is 4.74 Å². The maximum absolute atomic E-state index is 11.9. The van der Waals surface area contributed by atoms with Crippen LogP contribution in [0.2, 0.25) is 0 Å². The van der Waals surface area contributed by atoms with E-state index in [1.165, 1.54) is 51.4 Å². The monoisotopic (exact) mass is 294 g/mol. The largest absolute Gasteiger partial charge is 0.465 e. The Balaban J connectivity index is 1.68. The molecule has 2 saturated carbocycles. The summed E-state index contributed by atoms with van der Waals surface area (Å²) in [4.78, 5) is 11.9. The first-order valence-electron chi connectivity index (χ1n) is 9.41. The predicted octanol–water partition coefficient (Wildman–Crippen LogP) is 5.35. The molecule has 0 aliphatic heterocycles. The molecule has 0 amide bonds. The minimum atomic E-state index is 0.0713. The molecule has 2 aliphatic rings. The van der Waals surface area contributed by atoms with Crippen LogP contribution in [0.1, 0.15) is 84.5 Å². The van der Waals surface area contributed by atoms with Crippen molar-refractivity contribution in [2.24, 2.45) is 23.7 Å². The minimum Gasteiger partial charge on any atom is -0.465 e. The van der Waals surface area contributed by atoms with Crippen LogP contribution in [-0.4, -0.2) is 12.6 Å². The van der Waals surface area contributed by atoms with E-state index in [1.807, 2.05) is 0 Å². The van der Waals surface area contributed by atoms with Crippen LogP contribution in [-0.2, 0) is 9.53 Å². The number of hydrogen-bond acceptors (Lipinski definition) is 2. The van der Waals surface area contributed by atoms with Crippen molar-refractivity contribution >= 4 is 5.97 Å². The van der Waals surface area contributed by atoms with Crippen LogP contribution < -0.4 is 0 Å². The molecule has 21 heavy (non-hydrogen) atoms. The van der Waals surface area contributed by atoms with Gasteiger partial charge in [-0.2, -0.15) is 0 Å². The van der Waals surface area contributed by atoms with Crippen molar-refractivity contribution in [2.45, 2.75) is 84.5 Å². The molecule has 0 bridgehead atoms. The highest BCUT2D eigenvalue weighted by Gasteiger charge is 2.33. The lowest BCUT2D eigenvalue weighted by atomic mass is 9.69. The van der Waals surface area contributed by atoms with Crippen LogP contribution in [0, 0.1) is 23.7 Å². The van der Waals surface area contributed by atoms with Gasteiger partial charge in [0, 0.05) is 0 Å². The molecule has 2 nitrogen and oxygen atoms in total. The van der Waals surface area contributed by atoms with Gasteiger partial charge in [0.05, 0.1) is 12.5 Å². The molecule has 0 N–H and O–H groups in total. The Hall–Kier alpha value is -0.530. The van der Waals surface area contributed by atoms with E-state index in [0.29, 0.717) is 6.61 Å². The van der Waals surface area contributed by atoms with Crippen LogP contribution in [0.4, 0.5) is 0 Å². The Labute approximate surface area is 131 Å². The van der Waals surface area contributed by atoms with Crippen LogP contribution >= 0.6 is 0 Å². The summed E-state index contributed by atoms with van der Waals surface area (Å²) in [7, 11) is 0. The maximum atomic E-state index is 11.9. The lowest BCUT2D eigenvalue weighted by Gasteiger charge is -2.37. The maximum Gasteiger partial charge on any atom is 0.308 e. The molecular formula is C19H34O2. The summed E-state index contributed by atoms with van der Waals surface area (Å²) in [6.07, 6.45) is 14.2. The molecule has 0 radical (unpaired) electrons. The molecule has 2 fully saturated rings. The number of esters is 1. The van der Waals surface area contributed by atoms with Crippen molar-refractivity contribution in [1.82, 2.24) is 0 Å². The first-order chi connectivity index (χ1) is 10.2. The first-order valence-corrected chi connectivity index (χ1v) is 9.41. The van der Waals surface area contributed by atoms with E-state index in [1.54, 1.807) is 0 Å². The van der Waals surface area contributed by atoms with Gasteiger partial charge in [0.25, 0.3) is 0 Å². The molecule has 0 aromatic carbocycles. The van der Waals surface area contributed by atoms with Crippen molar-refractivity contribution in [3.8, 4) is 0 Å². The van der Waals surface area contributed by atoms with E-state index in [2.05, 4.69) is 13.8 Å². The SMILES string of the molecule is CCCOC(=O)C1CCC([C@H]2CC[C@H](CCC)CC2)CC1. The molecular weight excluding hydrogens is 260 g/mol. The number of carbonyl (C=O) groups is 1. The molecule has 0 atom stereocenters. The van der Waals surface area contributed by atoms with E-state index in [0.717, 1.165) is 37.0 Å². The smallest absolute Gasteiger partial charge is 0.308 e. The molecule has 0 spiro atoms. The second-order valence-corrected chi connectivity index (χ2v) is 7.35. The zero-order valence-electron chi connectivity index (χ0n) is 14.1. The summed E-state index contributed by atoms with van der Waals surface area (Å²) in [5, 5.41) is 0. The highest BCUT2D eigenvalue weighted by molar-refractivity contribution is 5.72. The third kappa shape index (κ3) is 5.00. The van der Waals surface area contributed by atoms with Gasteiger partial charge in [0.1, 0.15) is 0 Å². The molecule has 0 heterocycles. The standard InChI is InChI=1S/C19H34O2/c1-3-5-15-6-8-16(9-7-15)17-10-12-18(13-11-17)19(20)21-14-4-2/h15-18H,3-14H2,1-2H3/t15-,16-,17?,18?. The van der Waals surface area contributed by atoms with Crippen LogP contribution in [0.15, 0.2) is 0 Å². The number of ether oxygens (including phenoxy) is 1. The van der Waals surface area contributed by atoms with Gasteiger partial charge in [-0.25, -0.2) is 0 Å². The molecule has 0 saturated heterocycles. The number of rotatable bonds is 6. The van der Waals surface area contributed by atoms with Crippen molar-refractivity contribution in [3.63, 3.8) is 0 Å². The summed E-state index contributed by atoms with van der Waals surface area (Å²) in [6, 6.07) is 0. The van der Waals surface area contributed by atoms with E-state index >= 15 is 0 Å². The van der Waals surface area contributed by atoms with E-state index in [-0.39, 0.29) is 11.9 Å². The van der Waals surface area contributed by atoms with Crippen LogP contribution in [0.3, 0.4) is 0 Å². The van der Waals surface area contributed by atoms with Gasteiger partial charge in [0.2, 0.25) is 0 Å². The van der Waals surface area contributed by atoms with Crippen molar-refractivity contribution in [2.75, 3.05) is 6.61 Å². The quantitative estimate of drug-likeness (QED) is 0.617. The topological polar surface area (TPSA) is 26.3 Å². The third-order valence-electron chi connectivity index (χ3n) is 5.81. The van der Waals surface area contributed by atoms with Crippen LogP contribution in [0.5, 0.6) is 0 Å². The lowest BCUT2D eigenvalue weighted by molar-refractivity contribution is -0.150. The Bertz CT molecular complexity index is 297. The molecule has 0 aromatic heterocycles. The second-order valence-electron chi connectivity index (χ2n) is 7.35. The zero-order chi connectivity index (χ0) is 15.1. The van der Waals surface area contributed by atoms with E-state index in [4.69, 9.17) is 4.74 Å². The highest BCUT2D eigenvalue weighted by Crippen LogP contribution is 2.42. The first kappa shape index (κ1) is 16.8. The average Bonchev–Trinajstić information content (AvgIpc) is 2.54. The summed E-state index contributed by atoms with van der Waals surface area (Å²) < 4.78 is 5.31. The van der Waals surface area contributed by atoms with Gasteiger partial charge in [-0.3, -0.25) is 4.79 Å². The minimum absolute atomic E-state index is 0.0713. The van der Waals surface area contributed by atoms with E-state index in [9.17, 15) is 4.79 Å². The van der Waals surface area contributed by atoms with E-state index < -0.39 is 0 Å². The summed E-state index contributed by atoms with van der Waals surface area (Å²) >= 11 is 0. The molecule has 2 rings (SSSR count). The van der Waals surface area contributed by atoms with Crippen molar-refractivity contribution in [1.29, 1.82) is 0 Å². The molecule has 2 heteroatoms. The average molecular weight is 294 g/mol. The van der Waals surface area contributed by atoms with Gasteiger partial charge >= 0.3 is 5.97 Å². The number of hydrogen-bond donors (Lipinski definition) is 0. The Kier molecular flexibility index (Phi) is 7.06. The zero-order valence-corrected chi connectivity index (χ0v) is 14.1. The fraction of sp³-hybridized carbons (Fsp3) is 0.947. The van der Waals surface area contributed by atoms with Crippen molar-refractivity contribution < 1.29 is 9.53 Å². The predicted molar refractivity (Wildman–Crippen MR) is 87.1 cm³/mol. The van der Waals surface area contributed by atoms with Crippen LogP contribution in [0.25, 0.3) is 0 Å². The highest BCUT2D eigenvalue weighted by atomic mass is 16.5. The molecule has 0 aromatic rings. The summed E-state index contributed by atoms with van der Waals surface area (Å²) in [5.41, 5.74) is 0. The third-order valence-corrected chi connectivity index (χ3v) is 5.81. The molecule has 2 aliphatic carbocycles. The summed E-state index contributed by atoms with van der Waals surface area (Å²) in [6.45, 7) is 4.96. The van der Waals surface area contributed by atoms with Crippen molar-refractivity contribution in [3.05, 3.63) is 0 Å². The summed E-state index contributed by atoms with van der Waals surface area (Å²) in [5.74, 6) is 3.12. The van der Waals surface area contributed by atoms with Gasteiger partial charge in [-0.15, -0.1) is 0 Å². The Morgan fingerprint density at radius 3 is 1.95 bits per heavy atom. The second kappa shape index (κ2) is 8.80. The fourth-order valence-electron chi connectivity index (χ4n) is 4.50. The fourth-order valence-corrected chi connectivity index (χ4v) is 4.50. The Morgan fingerprint density at radius 1 is 0.857 bits per heavy atom. The van der Waals surface area contributed by atoms with Gasteiger partial charge in [0.15, 0.2) is 0 Å². The Morgan fingerprint density at radius 2 is 1.43 bits per heavy atom. The van der Waals surface area contributed by atoms with Gasteiger partial charge in [-0.1, -0.05) is 39.5 Å². The molecule has 122 valence electrons. The van der Waals surface area contributed by atoms with Gasteiger partial charge in [-0.05, 0) is 62.7 Å². The molecule has 0 unspecified atom stereocenters.